The zero-order valence-electron chi connectivity index (χ0n) is 28.6. The lowest BCUT2D eigenvalue weighted by molar-refractivity contribution is -0.139. The van der Waals surface area contributed by atoms with Crippen LogP contribution in [0.4, 0.5) is 5.69 Å². The number of pyridine rings is 1. The molecule has 0 saturated heterocycles. The van der Waals surface area contributed by atoms with Gasteiger partial charge in [0.25, 0.3) is 11.5 Å². The van der Waals surface area contributed by atoms with E-state index in [1.165, 1.54) is 17.3 Å². The first-order valence-electron chi connectivity index (χ1n) is 16.3. The third-order valence-electron chi connectivity index (χ3n) is 8.69. The van der Waals surface area contributed by atoms with Gasteiger partial charge in [-0.15, -0.1) is 0 Å². The topological polar surface area (TPSA) is 112 Å². The average molecular weight is 654 g/mol. The second-order valence-electron chi connectivity index (χ2n) is 12.5. The van der Waals surface area contributed by atoms with Crippen LogP contribution in [0.2, 0.25) is 0 Å². The van der Waals surface area contributed by atoms with Crippen LogP contribution in [0.15, 0.2) is 107 Å². The molecule has 1 aromatic heterocycles. The summed E-state index contributed by atoms with van der Waals surface area (Å²) < 4.78 is 6.65. The van der Waals surface area contributed by atoms with Crippen molar-refractivity contribution in [2.45, 2.75) is 59.1 Å². The number of aromatic nitrogens is 1. The second-order valence-corrected chi connectivity index (χ2v) is 12.5. The molecule has 9 nitrogen and oxygen atoms in total. The molecule has 0 radical (unpaired) electrons. The van der Waals surface area contributed by atoms with Crippen LogP contribution in [0.5, 0.6) is 5.75 Å². The van der Waals surface area contributed by atoms with Crippen molar-refractivity contribution in [3.63, 3.8) is 0 Å². The van der Waals surface area contributed by atoms with Gasteiger partial charge in [0.05, 0.1) is 19.4 Å². The maximum Gasteiger partial charge on any atom is 0.297 e. The molecule has 9 heteroatoms. The highest BCUT2D eigenvalue weighted by molar-refractivity contribution is 6.07. The van der Waals surface area contributed by atoms with Crippen LogP contribution in [0, 0.1) is 5.92 Å². The third kappa shape index (κ3) is 8.21. The summed E-state index contributed by atoms with van der Waals surface area (Å²) in [6.07, 6.45) is 10.9. The molecule has 0 saturated carbocycles. The van der Waals surface area contributed by atoms with Crippen molar-refractivity contribution in [1.82, 2.24) is 9.47 Å². The van der Waals surface area contributed by atoms with E-state index >= 15 is 0 Å². The first-order valence-corrected chi connectivity index (χ1v) is 16.3. The largest absolute Gasteiger partial charge is 0.491 e. The smallest absolute Gasteiger partial charge is 0.297 e. The van der Waals surface area contributed by atoms with Crippen LogP contribution in [-0.4, -0.2) is 58.3 Å². The fraction of sp³-hybridized carbons (Fsp3) is 0.359. The van der Waals surface area contributed by atoms with Gasteiger partial charge in [0.15, 0.2) is 11.4 Å². The van der Waals surface area contributed by atoms with Gasteiger partial charge in [-0.3, -0.25) is 19.0 Å². The average Bonchev–Trinajstić information content (AvgIpc) is 3.29. The minimum atomic E-state index is -1.95. The molecule has 1 aliphatic rings. The van der Waals surface area contributed by atoms with Crippen molar-refractivity contribution in [2.75, 3.05) is 31.7 Å². The lowest BCUT2D eigenvalue weighted by Crippen LogP contribution is -2.44. The van der Waals surface area contributed by atoms with E-state index in [9.17, 15) is 24.6 Å². The number of aliphatic hydroxyl groups excluding tert-OH is 1. The van der Waals surface area contributed by atoms with Gasteiger partial charge in [-0.05, 0) is 69.5 Å². The van der Waals surface area contributed by atoms with Crippen molar-refractivity contribution >= 4 is 17.5 Å². The number of anilines is 1. The summed E-state index contributed by atoms with van der Waals surface area (Å²) in [7, 11) is 1.43. The van der Waals surface area contributed by atoms with E-state index in [2.05, 4.69) is 19.9 Å². The van der Waals surface area contributed by atoms with Crippen molar-refractivity contribution in [2.24, 2.45) is 5.92 Å². The Bertz CT molecular complexity index is 1740. The van der Waals surface area contributed by atoms with E-state index in [1.807, 2.05) is 43.3 Å². The summed E-state index contributed by atoms with van der Waals surface area (Å²) in [5.41, 5.74) is 2.43. The molecule has 0 unspecified atom stereocenters. The number of methoxy groups -OCH3 is 1. The van der Waals surface area contributed by atoms with Crippen LogP contribution in [0.1, 0.15) is 58.1 Å². The summed E-state index contributed by atoms with van der Waals surface area (Å²) in [4.78, 5) is 43.6. The fourth-order valence-electron chi connectivity index (χ4n) is 5.89. The maximum atomic E-state index is 14.2. The number of rotatable bonds is 15. The van der Waals surface area contributed by atoms with Gasteiger partial charge in [0, 0.05) is 49.4 Å². The molecular weight excluding hydrogens is 606 g/mol. The zero-order chi connectivity index (χ0) is 34.8. The maximum absolute atomic E-state index is 14.2. The number of hydrogen-bond acceptors (Lipinski definition) is 6. The first-order chi connectivity index (χ1) is 23.0. The Morgan fingerprint density at radius 2 is 1.79 bits per heavy atom. The van der Waals surface area contributed by atoms with Crippen LogP contribution in [0.3, 0.4) is 0 Å². The molecule has 0 bridgehead atoms. The first kappa shape index (κ1) is 36.1. The molecule has 0 spiro atoms. The minimum Gasteiger partial charge on any atom is -0.491 e. The number of aliphatic hydroxyl groups is 2. The number of ether oxygens (including phenoxy) is 1. The highest BCUT2D eigenvalue weighted by Crippen LogP contribution is 2.46. The van der Waals surface area contributed by atoms with Crippen molar-refractivity contribution in [3.05, 3.63) is 124 Å². The Morgan fingerprint density at radius 3 is 2.48 bits per heavy atom. The second kappa shape index (κ2) is 16.4. The van der Waals surface area contributed by atoms with E-state index in [0.717, 1.165) is 24.0 Å². The van der Waals surface area contributed by atoms with E-state index in [-0.39, 0.29) is 43.3 Å². The van der Waals surface area contributed by atoms with Crippen molar-refractivity contribution in [1.29, 1.82) is 0 Å². The molecule has 4 rings (SSSR count). The van der Waals surface area contributed by atoms with E-state index < -0.39 is 17.4 Å². The van der Waals surface area contributed by atoms with Gasteiger partial charge in [0.1, 0.15) is 0 Å². The van der Waals surface area contributed by atoms with Crippen LogP contribution in [0.25, 0.3) is 5.69 Å². The lowest BCUT2D eigenvalue weighted by Gasteiger charge is -2.28. The minimum absolute atomic E-state index is 0.0326. The van der Waals surface area contributed by atoms with E-state index in [0.29, 0.717) is 23.5 Å². The Balaban J connectivity index is 1.64. The van der Waals surface area contributed by atoms with Crippen LogP contribution < -0.4 is 15.2 Å². The number of carbonyl (C=O) groups excluding carboxylic acids is 2. The SMILES string of the molecule is COc1cccn(-c2ccc3c(c2)[C@@](O)([C@H](C)/C=C/CC(=O)N(CCO)Cc2ccccc2)C(=O)N3C/C=C(\C)CCC=C(C)C)c1=O. The molecule has 0 fully saturated rings. The molecular formula is C39H47N3O6. The molecule has 0 aliphatic carbocycles. The van der Waals surface area contributed by atoms with Crippen LogP contribution >= 0.6 is 0 Å². The van der Waals surface area contributed by atoms with E-state index in [1.54, 1.807) is 65.4 Å². The Morgan fingerprint density at radius 1 is 1.04 bits per heavy atom. The predicted molar refractivity (Wildman–Crippen MR) is 189 cm³/mol. The van der Waals surface area contributed by atoms with Gasteiger partial charge in [-0.2, -0.15) is 0 Å². The molecule has 2 amide bonds. The number of nitrogens with zero attached hydrogens (tertiary/aromatic N) is 3. The summed E-state index contributed by atoms with van der Waals surface area (Å²) in [5.74, 6) is -1.21. The van der Waals surface area contributed by atoms with Gasteiger partial charge in [-0.25, -0.2) is 0 Å². The number of fused-ring (bicyclic) bond motifs is 1. The summed E-state index contributed by atoms with van der Waals surface area (Å²) in [5, 5.41) is 21.9. The number of allylic oxidation sites excluding steroid dienone is 3. The van der Waals surface area contributed by atoms with E-state index in [4.69, 9.17) is 4.74 Å². The number of benzene rings is 2. The molecule has 254 valence electrons. The van der Waals surface area contributed by atoms with Crippen LogP contribution in [-0.2, 0) is 21.7 Å². The normalized spacial score (nSPS) is 16.6. The summed E-state index contributed by atoms with van der Waals surface area (Å²) in [6, 6.07) is 18.0. The molecule has 48 heavy (non-hydrogen) atoms. The number of carbonyl (C=O) groups is 2. The van der Waals surface area contributed by atoms with Gasteiger partial charge in [0.2, 0.25) is 5.91 Å². The highest BCUT2D eigenvalue weighted by Gasteiger charge is 2.52. The van der Waals surface area contributed by atoms with Gasteiger partial charge in [-0.1, -0.05) is 72.7 Å². The Kier molecular flexibility index (Phi) is 12.3. The Labute approximate surface area is 283 Å². The molecule has 3 aromatic rings. The molecule has 2 heterocycles. The fourth-order valence-corrected chi connectivity index (χ4v) is 5.89. The molecule has 2 aromatic carbocycles. The molecule has 2 N–H and O–H groups in total. The summed E-state index contributed by atoms with van der Waals surface area (Å²) >= 11 is 0. The lowest BCUT2D eigenvalue weighted by atomic mass is 9.82. The quantitative estimate of drug-likeness (QED) is 0.204. The monoisotopic (exact) mass is 653 g/mol. The predicted octanol–water partition coefficient (Wildman–Crippen LogP) is 5.68. The zero-order valence-corrected chi connectivity index (χ0v) is 28.6. The molecule has 2 atom stereocenters. The third-order valence-corrected chi connectivity index (χ3v) is 8.69. The standard InChI is InChI=1S/C39H47N3O6/c1-28(2)12-9-13-29(3)21-23-42-34-20-19-32(41-22-11-17-35(48-5)37(41)45)26-33(34)39(47,38(42)46)30(4)14-10-18-36(44)40(24-25-43)27-31-15-7-6-8-16-31/h6-8,10-12,14-17,19-22,26,30,43,47H,9,13,18,23-25,27H2,1-5H3/b14-10+,29-21+/t30-,39+/m1/s1. The van der Waals surface area contributed by atoms with Gasteiger partial charge < -0.3 is 24.7 Å². The Hall–Kier alpha value is -4.73. The number of hydrogen-bond donors (Lipinski definition) is 2. The number of amides is 2. The van der Waals surface area contributed by atoms with Crippen molar-refractivity contribution < 1.29 is 24.5 Å². The highest BCUT2D eigenvalue weighted by atomic mass is 16.5. The molecule has 1 aliphatic heterocycles. The van der Waals surface area contributed by atoms with Gasteiger partial charge >= 0.3 is 0 Å². The summed E-state index contributed by atoms with van der Waals surface area (Å²) in [6.45, 7) is 8.57. The van der Waals surface area contributed by atoms with Crippen molar-refractivity contribution in [3.8, 4) is 11.4 Å².